The normalized spacial score (nSPS) is 16.8. The monoisotopic (exact) mass is 268 g/mol. The molecule has 2 N–H and O–H groups in total. The molecule has 0 radical (unpaired) electrons. The zero-order valence-corrected chi connectivity index (χ0v) is 12.3. The van der Waals surface area contributed by atoms with E-state index in [9.17, 15) is 0 Å². The standard InChI is InChI=1S/C18H24N2/c1-20(14-18(13-19)9-10-18)11-8-15-6-7-16-4-2-3-5-17(16)12-15/h2-7,12H,8-11,13-14,19H2,1H3. The van der Waals surface area contributed by atoms with Crippen LogP contribution < -0.4 is 5.73 Å². The third kappa shape index (κ3) is 3.02. The number of benzene rings is 2. The fraction of sp³-hybridized carbons (Fsp3) is 0.444. The average Bonchev–Trinajstić information content (AvgIpc) is 3.25. The van der Waals surface area contributed by atoms with Crippen LogP contribution in [0.25, 0.3) is 10.8 Å². The van der Waals surface area contributed by atoms with Gasteiger partial charge < -0.3 is 10.6 Å². The summed E-state index contributed by atoms with van der Waals surface area (Å²) in [6.45, 7) is 3.10. The second-order valence-electron chi connectivity index (χ2n) is 6.37. The first-order valence-corrected chi connectivity index (χ1v) is 7.57. The fourth-order valence-electron chi connectivity index (χ4n) is 2.97. The maximum Gasteiger partial charge on any atom is 0.00471 e. The molecule has 2 nitrogen and oxygen atoms in total. The molecule has 0 amide bonds. The number of hydrogen-bond acceptors (Lipinski definition) is 2. The summed E-state index contributed by atoms with van der Waals surface area (Å²) in [4.78, 5) is 2.44. The molecule has 0 aliphatic heterocycles. The van der Waals surface area contributed by atoms with Gasteiger partial charge in [0.1, 0.15) is 0 Å². The summed E-state index contributed by atoms with van der Waals surface area (Å²) in [6, 6.07) is 15.4. The molecule has 1 aliphatic carbocycles. The lowest BCUT2D eigenvalue weighted by Gasteiger charge is -2.22. The lowest BCUT2D eigenvalue weighted by atomic mass is 10.0. The van der Waals surface area contributed by atoms with E-state index in [4.69, 9.17) is 5.73 Å². The van der Waals surface area contributed by atoms with Crippen LogP contribution in [0.5, 0.6) is 0 Å². The van der Waals surface area contributed by atoms with E-state index in [0.717, 1.165) is 26.1 Å². The number of hydrogen-bond donors (Lipinski definition) is 1. The van der Waals surface area contributed by atoms with Gasteiger partial charge in [-0.05, 0) is 54.6 Å². The molecule has 1 aliphatic rings. The molecular formula is C18H24N2. The Balaban J connectivity index is 1.59. The zero-order valence-electron chi connectivity index (χ0n) is 12.3. The third-order valence-corrected chi connectivity index (χ3v) is 4.59. The van der Waals surface area contributed by atoms with Crippen LogP contribution in [0, 0.1) is 5.41 Å². The van der Waals surface area contributed by atoms with Crippen LogP contribution in [-0.4, -0.2) is 31.6 Å². The minimum absolute atomic E-state index is 0.443. The molecule has 0 unspecified atom stereocenters. The van der Waals surface area contributed by atoms with E-state index in [1.807, 2.05) is 0 Å². The van der Waals surface area contributed by atoms with Crippen molar-refractivity contribution >= 4 is 10.8 Å². The van der Waals surface area contributed by atoms with Crippen LogP contribution in [-0.2, 0) is 6.42 Å². The summed E-state index contributed by atoms with van der Waals surface area (Å²) >= 11 is 0. The average molecular weight is 268 g/mol. The third-order valence-electron chi connectivity index (χ3n) is 4.59. The van der Waals surface area contributed by atoms with Crippen molar-refractivity contribution in [2.45, 2.75) is 19.3 Å². The summed E-state index contributed by atoms with van der Waals surface area (Å²) in [5, 5.41) is 2.66. The van der Waals surface area contributed by atoms with Gasteiger partial charge in [-0.25, -0.2) is 0 Å². The van der Waals surface area contributed by atoms with Gasteiger partial charge in [-0.3, -0.25) is 0 Å². The molecule has 0 atom stereocenters. The van der Waals surface area contributed by atoms with Gasteiger partial charge in [0.05, 0.1) is 0 Å². The van der Waals surface area contributed by atoms with Crippen molar-refractivity contribution in [3.8, 4) is 0 Å². The molecule has 2 aromatic rings. The van der Waals surface area contributed by atoms with Crippen LogP contribution >= 0.6 is 0 Å². The summed E-state index contributed by atoms with van der Waals surface area (Å²) in [7, 11) is 2.22. The van der Waals surface area contributed by atoms with Crippen LogP contribution in [0.1, 0.15) is 18.4 Å². The van der Waals surface area contributed by atoms with Crippen molar-refractivity contribution in [3.63, 3.8) is 0 Å². The van der Waals surface area contributed by atoms with Crippen molar-refractivity contribution in [2.75, 3.05) is 26.7 Å². The van der Waals surface area contributed by atoms with E-state index in [1.165, 1.54) is 29.2 Å². The number of fused-ring (bicyclic) bond motifs is 1. The predicted octanol–water partition coefficient (Wildman–Crippen LogP) is 3.05. The van der Waals surface area contributed by atoms with Crippen LogP contribution in [0.15, 0.2) is 42.5 Å². The van der Waals surface area contributed by atoms with Gasteiger partial charge in [-0.2, -0.15) is 0 Å². The molecule has 1 fully saturated rings. The van der Waals surface area contributed by atoms with Gasteiger partial charge in [0.2, 0.25) is 0 Å². The number of nitrogens with zero attached hydrogens (tertiary/aromatic N) is 1. The maximum absolute atomic E-state index is 5.86. The van der Waals surface area contributed by atoms with E-state index in [1.54, 1.807) is 0 Å². The molecule has 2 aromatic carbocycles. The first-order chi connectivity index (χ1) is 9.71. The smallest absolute Gasteiger partial charge is 0.00471 e. The van der Waals surface area contributed by atoms with Crippen LogP contribution in [0.3, 0.4) is 0 Å². The quantitative estimate of drug-likeness (QED) is 0.872. The molecule has 20 heavy (non-hydrogen) atoms. The summed E-state index contributed by atoms with van der Waals surface area (Å²) < 4.78 is 0. The summed E-state index contributed by atoms with van der Waals surface area (Å²) in [5.74, 6) is 0. The Labute approximate surface area is 121 Å². The lowest BCUT2D eigenvalue weighted by Crippen LogP contribution is -2.32. The minimum atomic E-state index is 0.443. The predicted molar refractivity (Wildman–Crippen MR) is 85.9 cm³/mol. The van der Waals surface area contributed by atoms with E-state index >= 15 is 0 Å². The highest BCUT2D eigenvalue weighted by Gasteiger charge is 2.41. The highest BCUT2D eigenvalue weighted by Crippen LogP contribution is 2.44. The second kappa shape index (κ2) is 5.55. The summed E-state index contributed by atoms with van der Waals surface area (Å²) in [5.41, 5.74) is 7.73. The zero-order chi connectivity index (χ0) is 14.0. The molecule has 1 saturated carbocycles. The molecule has 0 aromatic heterocycles. The van der Waals surface area contributed by atoms with Crippen molar-refractivity contribution in [1.29, 1.82) is 0 Å². The molecule has 0 saturated heterocycles. The molecule has 0 bridgehead atoms. The Bertz CT molecular complexity index is 587. The summed E-state index contributed by atoms with van der Waals surface area (Å²) in [6.07, 6.45) is 3.73. The SMILES string of the molecule is CN(CCc1ccc2ccccc2c1)CC1(CN)CC1. The van der Waals surface area contributed by atoms with Gasteiger partial charge in [0.25, 0.3) is 0 Å². The first kappa shape index (κ1) is 13.6. The van der Waals surface area contributed by atoms with Gasteiger partial charge in [0, 0.05) is 13.1 Å². The Morgan fingerprint density at radius 1 is 1.10 bits per heavy atom. The highest BCUT2D eigenvalue weighted by molar-refractivity contribution is 5.82. The molecule has 3 rings (SSSR count). The van der Waals surface area contributed by atoms with Crippen molar-refractivity contribution in [1.82, 2.24) is 4.90 Å². The number of likely N-dealkylation sites (N-methyl/N-ethyl adjacent to an activating group) is 1. The Kier molecular flexibility index (Phi) is 3.77. The van der Waals surface area contributed by atoms with Crippen molar-refractivity contribution < 1.29 is 0 Å². The van der Waals surface area contributed by atoms with Crippen LogP contribution in [0.4, 0.5) is 0 Å². The molecule has 0 heterocycles. The molecule has 106 valence electrons. The Morgan fingerprint density at radius 3 is 2.55 bits per heavy atom. The minimum Gasteiger partial charge on any atom is -0.330 e. The molecule has 0 spiro atoms. The van der Waals surface area contributed by atoms with Crippen LogP contribution in [0.2, 0.25) is 0 Å². The Hall–Kier alpha value is -1.38. The fourth-order valence-corrected chi connectivity index (χ4v) is 2.97. The van der Waals surface area contributed by atoms with Gasteiger partial charge in [-0.15, -0.1) is 0 Å². The maximum atomic E-state index is 5.86. The van der Waals surface area contributed by atoms with E-state index < -0.39 is 0 Å². The highest BCUT2D eigenvalue weighted by atomic mass is 15.1. The van der Waals surface area contributed by atoms with Gasteiger partial charge >= 0.3 is 0 Å². The largest absolute Gasteiger partial charge is 0.330 e. The molecule has 2 heteroatoms. The van der Waals surface area contributed by atoms with Crippen molar-refractivity contribution in [2.24, 2.45) is 11.1 Å². The van der Waals surface area contributed by atoms with Gasteiger partial charge in [-0.1, -0.05) is 42.5 Å². The number of rotatable bonds is 6. The number of nitrogens with two attached hydrogens (primary N) is 1. The van der Waals surface area contributed by atoms with Gasteiger partial charge in [0.15, 0.2) is 0 Å². The second-order valence-corrected chi connectivity index (χ2v) is 6.37. The van der Waals surface area contributed by atoms with E-state index in [-0.39, 0.29) is 0 Å². The topological polar surface area (TPSA) is 29.3 Å². The first-order valence-electron chi connectivity index (χ1n) is 7.57. The lowest BCUT2D eigenvalue weighted by molar-refractivity contribution is 0.269. The van der Waals surface area contributed by atoms with E-state index in [2.05, 4.69) is 54.4 Å². The van der Waals surface area contributed by atoms with E-state index in [0.29, 0.717) is 5.41 Å². The Morgan fingerprint density at radius 2 is 1.85 bits per heavy atom. The molecular weight excluding hydrogens is 244 g/mol. The van der Waals surface area contributed by atoms with Crippen molar-refractivity contribution in [3.05, 3.63) is 48.0 Å².